The fourth-order valence-electron chi connectivity index (χ4n) is 1.76. The van der Waals surface area contributed by atoms with Crippen molar-refractivity contribution in [3.05, 3.63) is 28.0 Å². The highest BCUT2D eigenvalue weighted by atomic mass is 79.9. The standard InChI is InChI=1S/C11H12BrNO2/c1-7-9(2-3-11(12)13-7)10-6-8(14)4-5-15-10/h2-3,10H,4-6H2,1H3. The Labute approximate surface area is 97.0 Å². The second kappa shape index (κ2) is 4.41. The summed E-state index contributed by atoms with van der Waals surface area (Å²) in [6.45, 7) is 2.46. The summed E-state index contributed by atoms with van der Waals surface area (Å²) < 4.78 is 6.39. The molecule has 0 radical (unpaired) electrons. The monoisotopic (exact) mass is 269 g/mol. The number of hydrogen-bond donors (Lipinski definition) is 0. The maximum atomic E-state index is 11.3. The Balaban J connectivity index is 2.24. The highest BCUT2D eigenvalue weighted by Crippen LogP contribution is 2.28. The van der Waals surface area contributed by atoms with Gasteiger partial charge >= 0.3 is 0 Å². The lowest BCUT2D eigenvalue weighted by molar-refractivity contribution is -0.128. The Morgan fingerprint density at radius 2 is 2.33 bits per heavy atom. The van der Waals surface area contributed by atoms with E-state index in [9.17, 15) is 4.79 Å². The van der Waals surface area contributed by atoms with Gasteiger partial charge < -0.3 is 4.74 Å². The zero-order chi connectivity index (χ0) is 10.8. The topological polar surface area (TPSA) is 39.2 Å². The number of pyridine rings is 1. The molecule has 1 aliphatic rings. The lowest BCUT2D eigenvalue weighted by Gasteiger charge is -2.23. The molecule has 80 valence electrons. The summed E-state index contributed by atoms with van der Waals surface area (Å²) in [5.74, 6) is 0.272. The quantitative estimate of drug-likeness (QED) is 0.736. The molecule has 1 aromatic heterocycles. The van der Waals surface area contributed by atoms with Gasteiger partial charge in [-0.2, -0.15) is 0 Å². The first-order valence-corrected chi connectivity index (χ1v) is 5.72. The second-order valence-electron chi connectivity index (χ2n) is 3.66. The van der Waals surface area contributed by atoms with Gasteiger partial charge in [0.15, 0.2) is 0 Å². The Bertz CT molecular complexity index is 392. The van der Waals surface area contributed by atoms with E-state index in [1.165, 1.54) is 0 Å². The van der Waals surface area contributed by atoms with Crippen molar-refractivity contribution in [1.29, 1.82) is 0 Å². The molecule has 2 rings (SSSR count). The summed E-state index contributed by atoms with van der Waals surface area (Å²) in [6.07, 6.45) is 0.913. The number of rotatable bonds is 1. The van der Waals surface area contributed by atoms with Crippen LogP contribution in [-0.2, 0) is 9.53 Å². The molecule has 0 spiro atoms. The van der Waals surface area contributed by atoms with Crippen LogP contribution in [0.3, 0.4) is 0 Å². The van der Waals surface area contributed by atoms with Crippen molar-refractivity contribution < 1.29 is 9.53 Å². The van der Waals surface area contributed by atoms with Crippen LogP contribution >= 0.6 is 15.9 Å². The van der Waals surface area contributed by atoms with Crippen molar-refractivity contribution in [1.82, 2.24) is 4.98 Å². The molecule has 1 atom stereocenters. The molecule has 0 aromatic carbocycles. The molecular weight excluding hydrogens is 258 g/mol. The maximum Gasteiger partial charge on any atom is 0.138 e. The summed E-state index contributed by atoms with van der Waals surface area (Å²) in [6, 6.07) is 3.85. The SMILES string of the molecule is Cc1nc(Br)ccc1C1CC(=O)CCO1. The zero-order valence-corrected chi connectivity index (χ0v) is 10.1. The zero-order valence-electron chi connectivity index (χ0n) is 8.50. The average Bonchev–Trinajstić information content (AvgIpc) is 2.17. The van der Waals surface area contributed by atoms with Crippen molar-refractivity contribution >= 4 is 21.7 Å². The molecule has 4 heteroatoms. The van der Waals surface area contributed by atoms with E-state index in [0.29, 0.717) is 19.4 Å². The van der Waals surface area contributed by atoms with Crippen LogP contribution < -0.4 is 0 Å². The van der Waals surface area contributed by atoms with E-state index < -0.39 is 0 Å². The number of Topliss-reactive ketones (excluding diaryl/α,β-unsaturated/α-hetero) is 1. The van der Waals surface area contributed by atoms with Gasteiger partial charge in [0.05, 0.1) is 12.7 Å². The summed E-state index contributed by atoms with van der Waals surface area (Å²) in [5.41, 5.74) is 1.94. The molecule has 0 aliphatic carbocycles. The van der Waals surface area contributed by atoms with Crippen molar-refractivity contribution in [2.45, 2.75) is 25.9 Å². The van der Waals surface area contributed by atoms with Crippen LogP contribution in [0.1, 0.15) is 30.2 Å². The van der Waals surface area contributed by atoms with Crippen LogP contribution in [-0.4, -0.2) is 17.4 Å². The summed E-state index contributed by atoms with van der Waals surface area (Å²) in [4.78, 5) is 15.6. The number of ketones is 1. The number of nitrogens with zero attached hydrogens (tertiary/aromatic N) is 1. The van der Waals surface area contributed by atoms with Crippen LogP contribution in [0.25, 0.3) is 0 Å². The van der Waals surface area contributed by atoms with E-state index in [1.54, 1.807) is 0 Å². The fourth-order valence-corrected chi connectivity index (χ4v) is 2.16. The van der Waals surface area contributed by atoms with Crippen LogP contribution in [0, 0.1) is 6.92 Å². The van der Waals surface area contributed by atoms with Gasteiger partial charge in [0.1, 0.15) is 10.4 Å². The van der Waals surface area contributed by atoms with Gasteiger partial charge in [-0.3, -0.25) is 4.79 Å². The van der Waals surface area contributed by atoms with Crippen molar-refractivity contribution in [2.75, 3.05) is 6.61 Å². The van der Waals surface area contributed by atoms with E-state index in [-0.39, 0.29) is 11.9 Å². The molecule has 1 fully saturated rings. The van der Waals surface area contributed by atoms with E-state index in [1.807, 2.05) is 19.1 Å². The van der Waals surface area contributed by atoms with Crippen molar-refractivity contribution in [2.24, 2.45) is 0 Å². The molecule has 1 saturated heterocycles. The minimum absolute atomic E-state index is 0.105. The first-order chi connectivity index (χ1) is 7.16. The largest absolute Gasteiger partial charge is 0.373 e. The molecule has 3 nitrogen and oxygen atoms in total. The number of hydrogen-bond acceptors (Lipinski definition) is 3. The number of carbonyl (C=O) groups excluding carboxylic acids is 1. The third kappa shape index (κ3) is 2.44. The van der Waals surface area contributed by atoms with Gasteiger partial charge in [-0.1, -0.05) is 6.07 Å². The lowest BCUT2D eigenvalue weighted by Crippen LogP contribution is -2.20. The van der Waals surface area contributed by atoms with Gasteiger partial charge in [-0.05, 0) is 28.9 Å². The Kier molecular flexibility index (Phi) is 3.17. The molecule has 0 amide bonds. The molecule has 1 unspecified atom stereocenters. The van der Waals surface area contributed by atoms with E-state index >= 15 is 0 Å². The van der Waals surface area contributed by atoms with Gasteiger partial charge in [-0.25, -0.2) is 4.98 Å². The molecule has 1 aliphatic heterocycles. The number of halogens is 1. The van der Waals surface area contributed by atoms with Crippen molar-refractivity contribution in [3.8, 4) is 0 Å². The second-order valence-corrected chi connectivity index (χ2v) is 4.47. The lowest BCUT2D eigenvalue weighted by atomic mass is 10.00. The van der Waals surface area contributed by atoms with E-state index in [4.69, 9.17) is 4.74 Å². The number of aromatic nitrogens is 1. The van der Waals surface area contributed by atoms with E-state index in [0.717, 1.165) is 15.9 Å². The number of carbonyl (C=O) groups is 1. The molecule has 15 heavy (non-hydrogen) atoms. The smallest absolute Gasteiger partial charge is 0.138 e. The summed E-state index contributed by atoms with van der Waals surface area (Å²) in [7, 11) is 0. The molecule has 0 N–H and O–H groups in total. The van der Waals surface area contributed by atoms with Gasteiger partial charge in [0, 0.05) is 24.1 Å². The maximum absolute atomic E-state index is 11.3. The van der Waals surface area contributed by atoms with Crippen LogP contribution in [0.5, 0.6) is 0 Å². The van der Waals surface area contributed by atoms with Crippen LogP contribution in [0.15, 0.2) is 16.7 Å². The Morgan fingerprint density at radius 3 is 3.00 bits per heavy atom. The van der Waals surface area contributed by atoms with Crippen molar-refractivity contribution in [3.63, 3.8) is 0 Å². The molecule has 1 aromatic rings. The van der Waals surface area contributed by atoms with Gasteiger partial charge in [0.25, 0.3) is 0 Å². The molecular formula is C11H12BrNO2. The Morgan fingerprint density at radius 1 is 1.53 bits per heavy atom. The summed E-state index contributed by atoms with van der Waals surface area (Å²) in [5, 5.41) is 0. The van der Waals surface area contributed by atoms with E-state index in [2.05, 4.69) is 20.9 Å². The minimum atomic E-state index is -0.105. The molecule has 0 bridgehead atoms. The highest BCUT2D eigenvalue weighted by molar-refractivity contribution is 9.10. The Hall–Kier alpha value is -0.740. The third-order valence-electron chi connectivity index (χ3n) is 2.55. The van der Waals surface area contributed by atoms with Crippen LogP contribution in [0.2, 0.25) is 0 Å². The predicted molar refractivity (Wildman–Crippen MR) is 59.6 cm³/mol. The predicted octanol–water partition coefficient (Wildman–Crippen LogP) is 2.57. The minimum Gasteiger partial charge on any atom is -0.373 e. The first kappa shape index (κ1) is 10.8. The highest BCUT2D eigenvalue weighted by Gasteiger charge is 2.23. The fraction of sp³-hybridized carbons (Fsp3) is 0.455. The summed E-state index contributed by atoms with van der Waals surface area (Å²) >= 11 is 3.31. The molecule has 2 heterocycles. The number of ether oxygens (including phenoxy) is 1. The average molecular weight is 270 g/mol. The first-order valence-electron chi connectivity index (χ1n) is 4.93. The van der Waals surface area contributed by atoms with Gasteiger partial charge in [0.2, 0.25) is 0 Å². The number of aryl methyl sites for hydroxylation is 1. The van der Waals surface area contributed by atoms with Crippen LogP contribution in [0.4, 0.5) is 0 Å². The normalized spacial score (nSPS) is 21.7. The van der Waals surface area contributed by atoms with Gasteiger partial charge in [-0.15, -0.1) is 0 Å². The molecule has 0 saturated carbocycles. The third-order valence-corrected chi connectivity index (χ3v) is 2.99.